The summed E-state index contributed by atoms with van der Waals surface area (Å²) in [4.78, 5) is 27.2. The van der Waals surface area contributed by atoms with Crippen LogP contribution in [-0.4, -0.2) is 24.1 Å². The summed E-state index contributed by atoms with van der Waals surface area (Å²) in [5.41, 5.74) is 4.26. The average molecular weight is 483 g/mol. The van der Waals surface area contributed by atoms with Gasteiger partial charge in [-0.25, -0.2) is 9.59 Å². The summed E-state index contributed by atoms with van der Waals surface area (Å²) in [6.07, 6.45) is 9.92. The van der Waals surface area contributed by atoms with E-state index in [-0.39, 0.29) is 12.2 Å². The number of hydrogen-bond donors (Lipinski definition) is 0. The van der Waals surface area contributed by atoms with Gasteiger partial charge >= 0.3 is 11.9 Å². The van der Waals surface area contributed by atoms with Crippen molar-refractivity contribution in [2.45, 2.75) is 76.4 Å². The Kier molecular flexibility index (Phi) is 7.80. The molecular formula is C32H34O4. The molecule has 3 aromatic carbocycles. The zero-order valence-corrected chi connectivity index (χ0v) is 20.8. The fourth-order valence-electron chi connectivity index (χ4n) is 5.55. The van der Waals surface area contributed by atoms with Crippen LogP contribution in [0, 0.1) is 0 Å². The molecule has 0 spiro atoms. The van der Waals surface area contributed by atoms with Gasteiger partial charge in [-0.15, -0.1) is 0 Å². The van der Waals surface area contributed by atoms with E-state index >= 15 is 0 Å². The molecule has 0 atom stereocenters. The van der Waals surface area contributed by atoms with E-state index in [4.69, 9.17) is 9.47 Å². The lowest BCUT2D eigenvalue weighted by Crippen LogP contribution is -2.25. The molecule has 0 saturated heterocycles. The minimum Gasteiger partial charge on any atom is -0.459 e. The van der Waals surface area contributed by atoms with E-state index in [0.29, 0.717) is 16.7 Å². The molecule has 0 aliphatic heterocycles. The van der Waals surface area contributed by atoms with Gasteiger partial charge in [0.15, 0.2) is 0 Å². The van der Waals surface area contributed by atoms with Gasteiger partial charge in [-0.1, -0.05) is 79.6 Å². The molecule has 2 fully saturated rings. The molecule has 36 heavy (non-hydrogen) atoms. The molecule has 186 valence electrons. The number of ether oxygens (including phenoxy) is 2. The standard InChI is InChI=1S/C32H34O4/c33-31(35-24-15-6-2-7-16-24)29-22-12-21-28(30(29)32(34)36-25-17-8-3-9-18-25)27-20-11-10-19-26(27)23-13-4-1-5-14-23/h1,4-5,10-14,19-22,24-25H,2-3,6-9,15-18H2. The maximum Gasteiger partial charge on any atom is 0.339 e. The van der Waals surface area contributed by atoms with Gasteiger partial charge in [-0.2, -0.15) is 0 Å². The van der Waals surface area contributed by atoms with Crippen molar-refractivity contribution >= 4 is 11.9 Å². The highest BCUT2D eigenvalue weighted by Crippen LogP contribution is 2.36. The summed E-state index contributed by atoms with van der Waals surface area (Å²) in [7, 11) is 0. The third-order valence-electron chi connectivity index (χ3n) is 7.44. The molecule has 0 heterocycles. The van der Waals surface area contributed by atoms with E-state index in [1.807, 2.05) is 54.6 Å². The monoisotopic (exact) mass is 482 g/mol. The smallest absolute Gasteiger partial charge is 0.339 e. The summed E-state index contributed by atoms with van der Waals surface area (Å²) < 4.78 is 11.9. The van der Waals surface area contributed by atoms with Gasteiger partial charge in [0.25, 0.3) is 0 Å². The molecule has 0 radical (unpaired) electrons. The molecule has 2 saturated carbocycles. The Balaban J connectivity index is 1.57. The molecule has 5 rings (SSSR count). The summed E-state index contributed by atoms with van der Waals surface area (Å²) in [5, 5.41) is 0. The highest BCUT2D eigenvalue weighted by atomic mass is 16.5. The van der Waals surface area contributed by atoms with E-state index in [0.717, 1.165) is 68.1 Å². The van der Waals surface area contributed by atoms with E-state index < -0.39 is 11.9 Å². The van der Waals surface area contributed by atoms with Crippen LogP contribution in [0.15, 0.2) is 72.8 Å². The molecule has 4 nitrogen and oxygen atoms in total. The summed E-state index contributed by atoms with van der Waals surface area (Å²) in [6.45, 7) is 0. The van der Waals surface area contributed by atoms with Crippen molar-refractivity contribution in [1.29, 1.82) is 0 Å². The Morgan fingerprint density at radius 1 is 0.528 bits per heavy atom. The molecule has 2 aliphatic rings. The summed E-state index contributed by atoms with van der Waals surface area (Å²) in [6, 6.07) is 23.6. The Hall–Kier alpha value is -3.40. The Morgan fingerprint density at radius 3 is 1.69 bits per heavy atom. The molecule has 4 heteroatoms. The van der Waals surface area contributed by atoms with Crippen LogP contribution < -0.4 is 0 Å². The highest BCUT2D eigenvalue weighted by molar-refractivity contribution is 6.09. The molecule has 2 aliphatic carbocycles. The van der Waals surface area contributed by atoms with Crippen molar-refractivity contribution in [2.24, 2.45) is 0 Å². The van der Waals surface area contributed by atoms with Crippen LogP contribution in [0.3, 0.4) is 0 Å². The van der Waals surface area contributed by atoms with Gasteiger partial charge in [0, 0.05) is 0 Å². The van der Waals surface area contributed by atoms with Crippen LogP contribution in [0.25, 0.3) is 22.3 Å². The average Bonchev–Trinajstić information content (AvgIpc) is 2.94. The maximum atomic E-state index is 13.7. The highest BCUT2D eigenvalue weighted by Gasteiger charge is 2.29. The SMILES string of the molecule is O=C(OC1CCCCC1)c1cccc(-c2ccccc2-c2ccccc2)c1C(=O)OC1CCCCC1. The number of hydrogen-bond acceptors (Lipinski definition) is 4. The molecular weight excluding hydrogens is 448 g/mol. The van der Waals surface area contributed by atoms with Crippen molar-refractivity contribution < 1.29 is 19.1 Å². The van der Waals surface area contributed by atoms with Gasteiger partial charge in [-0.3, -0.25) is 0 Å². The van der Waals surface area contributed by atoms with Gasteiger partial charge in [0.1, 0.15) is 12.2 Å². The fraction of sp³-hybridized carbons (Fsp3) is 0.375. The molecule has 0 amide bonds. The molecule has 0 aromatic heterocycles. The van der Waals surface area contributed by atoms with Crippen LogP contribution in [0.1, 0.15) is 84.9 Å². The van der Waals surface area contributed by atoms with Crippen molar-refractivity contribution in [3.8, 4) is 22.3 Å². The van der Waals surface area contributed by atoms with Crippen LogP contribution in [-0.2, 0) is 9.47 Å². The Morgan fingerprint density at radius 2 is 1.06 bits per heavy atom. The van der Waals surface area contributed by atoms with Gasteiger partial charge in [0.05, 0.1) is 11.1 Å². The molecule has 0 unspecified atom stereocenters. The molecule has 3 aromatic rings. The topological polar surface area (TPSA) is 52.6 Å². The van der Waals surface area contributed by atoms with Crippen LogP contribution >= 0.6 is 0 Å². The third kappa shape index (κ3) is 5.53. The second kappa shape index (κ2) is 11.6. The van der Waals surface area contributed by atoms with E-state index in [1.165, 1.54) is 12.8 Å². The number of carbonyl (C=O) groups is 2. The zero-order valence-electron chi connectivity index (χ0n) is 20.8. The van der Waals surface area contributed by atoms with Crippen molar-refractivity contribution in [3.63, 3.8) is 0 Å². The third-order valence-corrected chi connectivity index (χ3v) is 7.44. The van der Waals surface area contributed by atoms with Gasteiger partial charge in [0.2, 0.25) is 0 Å². The van der Waals surface area contributed by atoms with Crippen LogP contribution in [0.5, 0.6) is 0 Å². The first-order chi connectivity index (χ1) is 17.7. The lowest BCUT2D eigenvalue weighted by Gasteiger charge is -2.25. The van der Waals surface area contributed by atoms with Crippen molar-refractivity contribution in [1.82, 2.24) is 0 Å². The summed E-state index contributed by atoms with van der Waals surface area (Å²) >= 11 is 0. The fourth-order valence-corrected chi connectivity index (χ4v) is 5.55. The number of esters is 2. The van der Waals surface area contributed by atoms with Crippen LogP contribution in [0.2, 0.25) is 0 Å². The van der Waals surface area contributed by atoms with E-state index in [9.17, 15) is 9.59 Å². The van der Waals surface area contributed by atoms with Crippen LogP contribution in [0.4, 0.5) is 0 Å². The zero-order chi connectivity index (χ0) is 24.7. The minimum absolute atomic E-state index is 0.0891. The van der Waals surface area contributed by atoms with E-state index in [2.05, 4.69) is 12.1 Å². The van der Waals surface area contributed by atoms with Crippen molar-refractivity contribution in [2.75, 3.05) is 0 Å². The lowest BCUT2D eigenvalue weighted by atomic mass is 9.89. The first kappa shape index (κ1) is 24.3. The molecule has 0 N–H and O–H groups in total. The van der Waals surface area contributed by atoms with Gasteiger partial charge in [-0.05, 0) is 79.7 Å². The molecule has 0 bridgehead atoms. The first-order valence-electron chi connectivity index (χ1n) is 13.4. The number of carbonyl (C=O) groups excluding carboxylic acids is 2. The Labute approximate surface area is 213 Å². The van der Waals surface area contributed by atoms with E-state index in [1.54, 1.807) is 6.07 Å². The maximum absolute atomic E-state index is 13.7. The lowest BCUT2D eigenvalue weighted by molar-refractivity contribution is 0.0164. The Bertz CT molecular complexity index is 1190. The number of rotatable bonds is 6. The first-order valence-corrected chi connectivity index (χ1v) is 13.4. The quantitative estimate of drug-likeness (QED) is 0.334. The van der Waals surface area contributed by atoms with Crippen molar-refractivity contribution in [3.05, 3.63) is 83.9 Å². The second-order valence-corrected chi connectivity index (χ2v) is 9.97. The predicted molar refractivity (Wildman–Crippen MR) is 142 cm³/mol. The largest absolute Gasteiger partial charge is 0.459 e. The second-order valence-electron chi connectivity index (χ2n) is 9.97. The number of benzene rings is 3. The minimum atomic E-state index is -0.434. The normalized spacial score (nSPS) is 16.9. The summed E-state index contributed by atoms with van der Waals surface area (Å²) in [5.74, 6) is -0.868. The predicted octanol–water partition coefficient (Wildman–Crippen LogP) is 8.00. The van der Waals surface area contributed by atoms with Gasteiger partial charge < -0.3 is 9.47 Å².